The van der Waals surface area contributed by atoms with Crippen LogP contribution in [0.25, 0.3) is 11.5 Å². The van der Waals surface area contributed by atoms with E-state index in [0.717, 1.165) is 24.3 Å². The normalized spacial score (nSPS) is 12.0. The van der Waals surface area contributed by atoms with Gasteiger partial charge in [-0.05, 0) is 36.4 Å². The van der Waals surface area contributed by atoms with E-state index in [4.69, 9.17) is 4.42 Å². The first-order valence-electron chi connectivity index (χ1n) is 8.24. The highest BCUT2D eigenvalue weighted by atomic mass is 32.2. The summed E-state index contributed by atoms with van der Waals surface area (Å²) in [6.45, 7) is 0. The molecule has 0 aliphatic rings. The number of amides is 1. The summed E-state index contributed by atoms with van der Waals surface area (Å²) in [7, 11) is -3.62. The van der Waals surface area contributed by atoms with Crippen molar-refractivity contribution in [1.82, 2.24) is 10.2 Å². The van der Waals surface area contributed by atoms with Crippen molar-refractivity contribution in [3.05, 3.63) is 60.2 Å². The van der Waals surface area contributed by atoms with Crippen molar-refractivity contribution in [2.24, 2.45) is 0 Å². The van der Waals surface area contributed by atoms with Crippen LogP contribution in [0.4, 0.5) is 19.2 Å². The predicted molar refractivity (Wildman–Crippen MR) is 96.5 cm³/mol. The number of anilines is 1. The summed E-state index contributed by atoms with van der Waals surface area (Å²) in [5.41, 5.74) is -0.591. The summed E-state index contributed by atoms with van der Waals surface area (Å²) in [4.78, 5) is 12.1. The van der Waals surface area contributed by atoms with Crippen LogP contribution in [0.15, 0.2) is 63.9 Å². The summed E-state index contributed by atoms with van der Waals surface area (Å²) >= 11 is 0. The fourth-order valence-corrected chi connectivity index (χ4v) is 3.61. The van der Waals surface area contributed by atoms with Crippen molar-refractivity contribution in [2.45, 2.75) is 17.5 Å². The SMILES string of the molecule is O=C(CCS(=O)(=O)c1ccccc1)Nc1nnc(-c2ccc(C(F)(F)F)cc2)o1. The fraction of sp³-hybridized carbons (Fsp3) is 0.167. The second kappa shape index (κ2) is 8.03. The third-order valence-electron chi connectivity index (χ3n) is 3.83. The molecule has 0 bridgehead atoms. The van der Waals surface area contributed by atoms with Crippen LogP contribution < -0.4 is 5.32 Å². The van der Waals surface area contributed by atoms with Crippen molar-refractivity contribution < 1.29 is 30.8 Å². The van der Waals surface area contributed by atoms with Gasteiger partial charge in [0.05, 0.1) is 16.2 Å². The Hall–Kier alpha value is -3.21. The van der Waals surface area contributed by atoms with Crippen molar-refractivity contribution >= 4 is 21.8 Å². The molecule has 0 saturated heterocycles. The molecule has 1 amide bonds. The molecule has 0 aliphatic heterocycles. The number of nitrogens with zero attached hydrogens (tertiary/aromatic N) is 2. The molecule has 0 saturated carbocycles. The van der Waals surface area contributed by atoms with E-state index in [0.29, 0.717) is 0 Å². The number of carbonyl (C=O) groups excluding carboxylic acids is 1. The highest BCUT2D eigenvalue weighted by Crippen LogP contribution is 2.30. The number of hydrogen-bond acceptors (Lipinski definition) is 6. The Bertz CT molecular complexity index is 1100. The van der Waals surface area contributed by atoms with Crippen LogP contribution in [-0.2, 0) is 20.8 Å². The van der Waals surface area contributed by atoms with E-state index in [1.807, 2.05) is 0 Å². The molecule has 1 aromatic heterocycles. The summed E-state index contributed by atoms with van der Waals surface area (Å²) < 4.78 is 67.3. The third-order valence-corrected chi connectivity index (χ3v) is 5.56. The van der Waals surface area contributed by atoms with Crippen LogP contribution in [-0.4, -0.2) is 30.3 Å². The van der Waals surface area contributed by atoms with E-state index >= 15 is 0 Å². The van der Waals surface area contributed by atoms with Crippen LogP contribution >= 0.6 is 0 Å². The smallest absolute Gasteiger partial charge is 0.403 e. The molecule has 0 atom stereocenters. The molecule has 0 radical (unpaired) electrons. The Kier molecular flexibility index (Phi) is 5.69. The van der Waals surface area contributed by atoms with E-state index in [1.54, 1.807) is 18.2 Å². The molecule has 29 heavy (non-hydrogen) atoms. The first kappa shape index (κ1) is 20.5. The maximum Gasteiger partial charge on any atom is 0.416 e. The summed E-state index contributed by atoms with van der Waals surface area (Å²) in [5.74, 6) is -1.17. The van der Waals surface area contributed by atoms with Gasteiger partial charge in [0, 0.05) is 12.0 Å². The van der Waals surface area contributed by atoms with Crippen LogP contribution in [0.1, 0.15) is 12.0 Å². The van der Waals surface area contributed by atoms with E-state index < -0.39 is 33.2 Å². The number of aromatic nitrogens is 2. The number of nitrogens with one attached hydrogen (secondary N) is 1. The molecule has 1 N–H and O–H groups in total. The number of sulfone groups is 1. The Labute approximate surface area is 163 Å². The van der Waals surface area contributed by atoms with Crippen molar-refractivity contribution in [1.29, 1.82) is 0 Å². The highest BCUT2D eigenvalue weighted by molar-refractivity contribution is 7.91. The standard InChI is InChI=1S/C18H14F3N3O4S/c19-18(20,21)13-8-6-12(7-9-13)16-23-24-17(28-16)22-15(25)10-11-29(26,27)14-4-2-1-3-5-14/h1-9H,10-11H2,(H,22,24,25). The van der Waals surface area contributed by atoms with Crippen LogP contribution in [0.2, 0.25) is 0 Å². The van der Waals surface area contributed by atoms with Crippen molar-refractivity contribution in [3.63, 3.8) is 0 Å². The van der Waals surface area contributed by atoms with E-state index in [2.05, 4.69) is 15.5 Å². The van der Waals surface area contributed by atoms with Gasteiger partial charge in [-0.1, -0.05) is 23.3 Å². The summed E-state index contributed by atoms with van der Waals surface area (Å²) in [6.07, 6.45) is -4.80. The van der Waals surface area contributed by atoms with E-state index in [1.165, 1.54) is 12.1 Å². The molecule has 0 unspecified atom stereocenters. The van der Waals surface area contributed by atoms with E-state index in [-0.39, 0.29) is 28.8 Å². The molecule has 3 aromatic rings. The second-order valence-corrected chi connectivity index (χ2v) is 8.03. The van der Waals surface area contributed by atoms with Crippen LogP contribution in [0.3, 0.4) is 0 Å². The Morgan fingerprint density at radius 3 is 2.28 bits per heavy atom. The topological polar surface area (TPSA) is 102 Å². The quantitative estimate of drug-likeness (QED) is 0.648. The molecule has 152 valence electrons. The molecular formula is C18H14F3N3O4S. The minimum atomic E-state index is -4.47. The Morgan fingerprint density at radius 2 is 1.66 bits per heavy atom. The van der Waals surface area contributed by atoms with Gasteiger partial charge in [-0.3, -0.25) is 10.1 Å². The number of benzene rings is 2. The van der Waals surface area contributed by atoms with Crippen LogP contribution in [0.5, 0.6) is 0 Å². The van der Waals surface area contributed by atoms with E-state index in [9.17, 15) is 26.4 Å². The molecular weight excluding hydrogens is 411 g/mol. The Balaban J connectivity index is 1.60. The molecule has 0 fully saturated rings. The number of hydrogen-bond donors (Lipinski definition) is 1. The zero-order valence-electron chi connectivity index (χ0n) is 14.7. The largest absolute Gasteiger partial charge is 0.416 e. The van der Waals surface area contributed by atoms with Gasteiger partial charge >= 0.3 is 12.2 Å². The summed E-state index contributed by atoms with van der Waals surface area (Å²) in [5, 5.41) is 9.51. The average Bonchev–Trinajstić information content (AvgIpc) is 3.15. The first-order chi connectivity index (χ1) is 13.6. The van der Waals surface area contributed by atoms with Gasteiger partial charge < -0.3 is 4.42 Å². The van der Waals surface area contributed by atoms with Crippen molar-refractivity contribution in [3.8, 4) is 11.5 Å². The van der Waals surface area contributed by atoms with Gasteiger partial charge in [0.15, 0.2) is 9.84 Å². The molecule has 1 heterocycles. The average molecular weight is 425 g/mol. The third kappa shape index (κ3) is 5.19. The van der Waals surface area contributed by atoms with Gasteiger partial charge in [-0.2, -0.15) is 13.2 Å². The molecule has 2 aromatic carbocycles. The maximum absolute atomic E-state index is 12.6. The maximum atomic E-state index is 12.6. The van der Waals surface area contributed by atoms with Gasteiger partial charge in [0.25, 0.3) is 0 Å². The van der Waals surface area contributed by atoms with Gasteiger partial charge in [-0.25, -0.2) is 8.42 Å². The number of rotatable bonds is 6. The molecule has 3 rings (SSSR count). The lowest BCUT2D eigenvalue weighted by Crippen LogP contribution is -2.17. The minimum Gasteiger partial charge on any atom is -0.403 e. The van der Waals surface area contributed by atoms with Gasteiger partial charge in [-0.15, -0.1) is 5.10 Å². The van der Waals surface area contributed by atoms with Crippen molar-refractivity contribution in [2.75, 3.05) is 11.1 Å². The fourth-order valence-electron chi connectivity index (χ4n) is 2.35. The van der Waals surface area contributed by atoms with Crippen LogP contribution in [0, 0.1) is 0 Å². The zero-order valence-corrected chi connectivity index (χ0v) is 15.5. The monoisotopic (exact) mass is 425 g/mol. The number of halogens is 3. The van der Waals surface area contributed by atoms with Gasteiger partial charge in [0.2, 0.25) is 11.8 Å². The number of alkyl halides is 3. The Morgan fingerprint density at radius 1 is 1.00 bits per heavy atom. The molecule has 0 aliphatic carbocycles. The minimum absolute atomic E-state index is 0.0917. The second-order valence-electron chi connectivity index (χ2n) is 5.92. The highest BCUT2D eigenvalue weighted by Gasteiger charge is 2.30. The van der Waals surface area contributed by atoms with Gasteiger partial charge in [0.1, 0.15) is 0 Å². The zero-order chi connectivity index (χ0) is 21.1. The number of carbonyl (C=O) groups is 1. The lowest BCUT2D eigenvalue weighted by Gasteiger charge is -2.06. The first-order valence-corrected chi connectivity index (χ1v) is 9.89. The summed E-state index contributed by atoms with van der Waals surface area (Å²) in [6, 6.07) is 11.5. The predicted octanol–water partition coefficient (Wildman–Crippen LogP) is 3.56. The molecule has 0 spiro atoms. The molecule has 7 nitrogen and oxygen atoms in total. The molecule has 11 heteroatoms. The lowest BCUT2D eigenvalue weighted by molar-refractivity contribution is -0.137. The lowest BCUT2D eigenvalue weighted by atomic mass is 10.1.